The number of halogens is 1. The first-order valence-electron chi connectivity index (χ1n) is 4.19. The van der Waals surface area contributed by atoms with Crippen molar-refractivity contribution in [3.05, 3.63) is 48.0 Å². The van der Waals surface area contributed by atoms with Crippen LogP contribution >= 0.6 is 11.6 Å². The summed E-state index contributed by atoms with van der Waals surface area (Å²) in [6, 6.07) is 10.1. The number of benzene rings is 1. The third kappa shape index (κ3) is 4.48. The molecule has 0 N–H and O–H groups in total. The van der Waals surface area contributed by atoms with E-state index in [2.05, 4.69) is 12.1 Å². The molecule has 0 fully saturated rings. The van der Waals surface area contributed by atoms with Crippen LogP contribution in [0.2, 0.25) is 0 Å². The Morgan fingerprint density at radius 1 is 1.31 bits per heavy atom. The fraction of sp³-hybridized carbons (Fsp3) is 0.182. The van der Waals surface area contributed by atoms with Crippen molar-refractivity contribution in [3.8, 4) is 0 Å². The van der Waals surface area contributed by atoms with Crippen LogP contribution in [0.25, 0.3) is 0 Å². The molecule has 0 saturated carbocycles. The molecule has 0 atom stereocenters. The largest absolute Gasteiger partial charge is 0.276 e. The molecule has 0 bridgehead atoms. The molecule has 0 aromatic heterocycles. The van der Waals surface area contributed by atoms with Crippen molar-refractivity contribution in [2.24, 2.45) is 0 Å². The van der Waals surface area contributed by atoms with Gasteiger partial charge < -0.3 is 0 Å². The second-order valence-electron chi connectivity index (χ2n) is 2.73. The average molecular weight is 195 g/mol. The Balaban J connectivity index is 2.32. The molecule has 0 saturated heterocycles. The summed E-state index contributed by atoms with van der Waals surface area (Å²) in [6.07, 6.45) is 4.98. The molecule has 1 aromatic rings. The zero-order valence-electron chi connectivity index (χ0n) is 7.24. The van der Waals surface area contributed by atoms with Crippen molar-refractivity contribution in [1.82, 2.24) is 0 Å². The van der Waals surface area contributed by atoms with Gasteiger partial charge >= 0.3 is 0 Å². The maximum atomic E-state index is 10.3. The molecule has 0 heterocycles. The first-order chi connectivity index (χ1) is 6.29. The fourth-order valence-corrected chi connectivity index (χ4v) is 1.16. The van der Waals surface area contributed by atoms with E-state index in [0.717, 1.165) is 12.8 Å². The summed E-state index contributed by atoms with van der Waals surface area (Å²) in [4.78, 5) is 10.3. The number of aryl methyl sites for hydroxylation is 1. The second kappa shape index (κ2) is 5.55. The molecule has 13 heavy (non-hydrogen) atoms. The van der Waals surface area contributed by atoms with E-state index in [0.29, 0.717) is 0 Å². The smallest absolute Gasteiger partial charge is 0.244 e. The van der Waals surface area contributed by atoms with Gasteiger partial charge in [0.15, 0.2) is 0 Å². The van der Waals surface area contributed by atoms with E-state index in [9.17, 15) is 4.79 Å². The van der Waals surface area contributed by atoms with Crippen LogP contribution < -0.4 is 0 Å². The monoisotopic (exact) mass is 194 g/mol. The Morgan fingerprint density at radius 2 is 2.00 bits per heavy atom. The summed E-state index contributed by atoms with van der Waals surface area (Å²) in [7, 11) is 0. The molecule has 1 aromatic carbocycles. The number of rotatable bonds is 4. The maximum Gasteiger partial charge on any atom is 0.244 e. The van der Waals surface area contributed by atoms with Crippen molar-refractivity contribution in [1.29, 1.82) is 0 Å². The van der Waals surface area contributed by atoms with E-state index < -0.39 is 5.24 Å². The van der Waals surface area contributed by atoms with Gasteiger partial charge in [0.05, 0.1) is 0 Å². The van der Waals surface area contributed by atoms with Gasteiger partial charge in [0.1, 0.15) is 0 Å². The number of carbonyl (C=O) groups is 1. The summed E-state index contributed by atoms with van der Waals surface area (Å²) in [6.45, 7) is 0. The summed E-state index contributed by atoms with van der Waals surface area (Å²) in [5, 5.41) is -0.409. The minimum absolute atomic E-state index is 0.409. The molecule has 0 unspecified atom stereocenters. The zero-order chi connectivity index (χ0) is 9.52. The lowest BCUT2D eigenvalue weighted by molar-refractivity contribution is -0.107. The van der Waals surface area contributed by atoms with E-state index in [-0.39, 0.29) is 0 Å². The lowest BCUT2D eigenvalue weighted by Gasteiger charge is -1.95. The lowest BCUT2D eigenvalue weighted by Crippen LogP contribution is -1.82. The van der Waals surface area contributed by atoms with Crippen LogP contribution in [-0.2, 0) is 11.2 Å². The molecule has 0 aliphatic rings. The first-order valence-corrected chi connectivity index (χ1v) is 4.57. The highest BCUT2D eigenvalue weighted by Gasteiger charge is 1.89. The van der Waals surface area contributed by atoms with E-state index in [1.54, 1.807) is 6.08 Å². The number of allylic oxidation sites excluding steroid dienone is 2. The van der Waals surface area contributed by atoms with Crippen molar-refractivity contribution >= 4 is 16.8 Å². The Hall–Kier alpha value is -1.08. The topological polar surface area (TPSA) is 17.1 Å². The highest BCUT2D eigenvalue weighted by molar-refractivity contribution is 6.66. The summed E-state index contributed by atoms with van der Waals surface area (Å²) < 4.78 is 0. The average Bonchev–Trinajstić information content (AvgIpc) is 2.14. The number of hydrogen-bond donors (Lipinski definition) is 0. The summed E-state index contributed by atoms with van der Waals surface area (Å²) >= 11 is 5.13. The van der Waals surface area contributed by atoms with Crippen LogP contribution in [0.4, 0.5) is 0 Å². The van der Waals surface area contributed by atoms with Crippen LogP contribution in [0, 0.1) is 0 Å². The molecule has 68 valence electrons. The summed E-state index contributed by atoms with van der Waals surface area (Å²) in [5.74, 6) is 0. The molecule has 2 heteroatoms. The quantitative estimate of drug-likeness (QED) is 0.532. The Morgan fingerprint density at radius 3 is 2.62 bits per heavy atom. The highest BCUT2D eigenvalue weighted by atomic mass is 35.5. The molecule has 0 radical (unpaired) electrons. The minimum atomic E-state index is -0.409. The Kier molecular flexibility index (Phi) is 4.27. The van der Waals surface area contributed by atoms with Gasteiger partial charge in [-0.15, -0.1) is 0 Å². The van der Waals surface area contributed by atoms with Crippen molar-refractivity contribution in [3.63, 3.8) is 0 Å². The van der Waals surface area contributed by atoms with Crippen molar-refractivity contribution < 1.29 is 4.79 Å². The zero-order valence-corrected chi connectivity index (χ0v) is 8.00. The highest BCUT2D eigenvalue weighted by Crippen LogP contribution is 2.02. The van der Waals surface area contributed by atoms with Gasteiger partial charge in [-0.1, -0.05) is 36.4 Å². The molecule has 0 aliphatic heterocycles. The van der Waals surface area contributed by atoms with E-state index in [1.807, 2.05) is 18.2 Å². The van der Waals surface area contributed by atoms with Crippen LogP contribution in [0.1, 0.15) is 12.0 Å². The van der Waals surface area contributed by atoms with Gasteiger partial charge in [-0.05, 0) is 36.1 Å². The standard InChI is InChI=1S/C11H11ClO/c12-11(13)9-5-4-8-10-6-2-1-3-7-10/h1-3,5-7,9H,4,8H2/b9-5+. The van der Waals surface area contributed by atoms with Gasteiger partial charge in [-0.25, -0.2) is 0 Å². The molecule has 0 aliphatic carbocycles. The van der Waals surface area contributed by atoms with Crippen LogP contribution in [0.3, 0.4) is 0 Å². The fourth-order valence-electron chi connectivity index (χ4n) is 1.07. The van der Waals surface area contributed by atoms with Crippen LogP contribution in [-0.4, -0.2) is 5.24 Å². The first kappa shape index (κ1) is 10.0. The van der Waals surface area contributed by atoms with Crippen molar-refractivity contribution in [2.45, 2.75) is 12.8 Å². The summed E-state index contributed by atoms with van der Waals surface area (Å²) in [5.41, 5.74) is 1.27. The SMILES string of the molecule is O=C(Cl)/C=C/CCc1ccccc1. The number of carbonyl (C=O) groups excluding carboxylic acids is 1. The predicted molar refractivity (Wildman–Crippen MR) is 54.8 cm³/mol. The Labute approximate surface area is 83.0 Å². The minimum Gasteiger partial charge on any atom is -0.276 e. The molecular weight excluding hydrogens is 184 g/mol. The van der Waals surface area contributed by atoms with Gasteiger partial charge in [0.2, 0.25) is 5.24 Å². The van der Waals surface area contributed by atoms with Crippen molar-refractivity contribution in [2.75, 3.05) is 0 Å². The third-order valence-corrected chi connectivity index (χ3v) is 1.82. The van der Waals surface area contributed by atoms with Gasteiger partial charge in [-0.3, -0.25) is 4.79 Å². The predicted octanol–water partition coefficient (Wildman–Crippen LogP) is 2.94. The number of hydrogen-bond acceptors (Lipinski definition) is 1. The molecule has 1 nitrogen and oxygen atoms in total. The van der Waals surface area contributed by atoms with Gasteiger partial charge in [0.25, 0.3) is 0 Å². The van der Waals surface area contributed by atoms with E-state index in [4.69, 9.17) is 11.6 Å². The molecule has 0 spiro atoms. The maximum absolute atomic E-state index is 10.3. The third-order valence-electron chi connectivity index (χ3n) is 1.69. The van der Waals surface area contributed by atoms with Gasteiger partial charge in [-0.2, -0.15) is 0 Å². The molecular formula is C11H11ClO. The second-order valence-corrected chi connectivity index (χ2v) is 3.10. The van der Waals surface area contributed by atoms with Gasteiger partial charge in [0, 0.05) is 0 Å². The Bertz CT molecular complexity index is 290. The van der Waals surface area contributed by atoms with Crippen LogP contribution in [0.5, 0.6) is 0 Å². The normalized spacial score (nSPS) is 10.5. The van der Waals surface area contributed by atoms with E-state index in [1.165, 1.54) is 11.6 Å². The van der Waals surface area contributed by atoms with E-state index >= 15 is 0 Å². The van der Waals surface area contributed by atoms with Crippen LogP contribution in [0.15, 0.2) is 42.5 Å². The molecule has 1 rings (SSSR count). The molecule has 0 amide bonds. The lowest BCUT2D eigenvalue weighted by atomic mass is 10.1.